The lowest BCUT2D eigenvalue weighted by atomic mass is 10.3. The fraction of sp³-hybridized carbons (Fsp3) is 0.167. The zero-order chi connectivity index (χ0) is 14.9. The van der Waals surface area contributed by atoms with Crippen LogP contribution in [0.15, 0.2) is 33.6 Å². The van der Waals surface area contributed by atoms with E-state index >= 15 is 0 Å². The van der Waals surface area contributed by atoms with Crippen LogP contribution in [0.25, 0.3) is 0 Å². The molecule has 0 unspecified atom stereocenters. The smallest absolute Gasteiger partial charge is 0.175 e. The Morgan fingerprint density at radius 2 is 2.10 bits per heavy atom. The van der Waals surface area contributed by atoms with Gasteiger partial charge in [0.25, 0.3) is 0 Å². The summed E-state index contributed by atoms with van der Waals surface area (Å²) in [6.07, 6.45) is 1.08. The minimum absolute atomic E-state index is 0.0757. The van der Waals surface area contributed by atoms with Crippen LogP contribution in [0.2, 0.25) is 4.34 Å². The maximum Gasteiger partial charge on any atom is 0.175 e. The lowest BCUT2D eigenvalue weighted by molar-refractivity contribution is 0.600. The first kappa shape index (κ1) is 15.8. The van der Waals surface area contributed by atoms with E-state index in [1.165, 1.54) is 23.5 Å². The van der Waals surface area contributed by atoms with Gasteiger partial charge in [-0.15, -0.1) is 11.3 Å². The van der Waals surface area contributed by atoms with Gasteiger partial charge in [0, 0.05) is 22.2 Å². The SMILES string of the molecule is CS(=O)(=O)c1ccc(F)c(NCc2cc(Br)c(Cl)s2)c1. The zero-order valence-electron chi connectivity index (χ0n) is 10.3. The maximum absolute atomic E-state index is 13.7. The highest BCUT2D eigenvalue weighted by Gasteiger charge is 2.11. The number of anilines is 1. The Balaban J connectivity index is 2.21. The van der Waals surface area contributed by atoms with Crippen LogP contribution in [0.1, 0.15) is 4.88 Å². The largest absolute Gasteiger partial charge is 0.378 e. The lowest BCUT2D eigenvalue weighted by Crippen LogP contribution is -2.03. The van der Waals surface area contributed by atoms with Gasteiger partial charge in [0.05, 0.1) is 10.6 Å². The quantitative estimate of drug-likeness (QED) is 0.780. The molecule has 2 rings (SSSR count). The average Bonchev–Trinajstić information content (AvgIpc) is 2.66. The molecule has 2 aromatic rings. The molecule has 108 valence electrons. The number of thiophene rings is 1. The van der Waals surface area contributed by atoms with Crippen molar-refractivity contribution in [1.29, 1.82) is 0 Å². The van der Waals surface area contributed by atoms with E-state index in [2.05, 4.69) is 21.2 Å². The van der Waals surface area contributed by atoms with Crippen molar-refractivity contribution in [2.45, 2.75) is 11.4 Å². The van der Waals surface area contributed by atoms with E-state index in [1.807, 2.05) is 6.07 Å². The molecule has 0 saturated carbocycles. The third-order valence-corrected chi connectivity index (χ3v) is 6.10. The summed E-state index contributed by atoms with van der Waals surface area (Å²) in [5.74, 6) is -0.501. The number of rotatable bonds is 4. The fourth-order valence-corrected chi connectivity index (χ4v) is 3.91. The van der Waals surface area contributed by atoms with E-state index in [0.717, 1.165) is 21.7 Å². The van der Waals surface area contributed by atoms with Crippen molar-refractivity contribution in [2.75, 3.05) is 11.6 Å². The Morgan fingerprint density at radius 1 is 1.40 bits per heavy atom. The Morgan fingerprint density at radius 3 is 2.65 bits per heavy atom. The third kappa shape index (κ3) is 3.72. The van der Waals surface area contributed by atoms with Crippen LogP contribution in [-0.4, -0.2) is 14.7 Å². The van der Waals surface area contributed by atoms with Gasteiger partial charge in [-0.1, -0.05) is 11.6 Å². The molecule has 0 aliphatic carbocycles. The average molecular weight is 399 g/mol. The first-order chi connectivity index (χ1) is 9.27. The number of halogens is 3. The minimum Gasteiger partial charge on any atom is -0.378 e. The molecule has 0 spiro atoms. The topological polar surface area (TPSA) is 46.2 Å². The molecule has 0 saturated heterocycles. The number of nitrogens with one attached hydrogen (secondary N) is 1. The van der Waals surface area contributed by atoms with E-state index in [9.17, 15) is 12.8 Å². The standard InChI is InChI=1S/C12H10BrClFNO2S2/c1-20(17,18)8-2-3-10(15)11(5-8)16-6-7-4-9(13)12(14)19-7/h2-5,16H,6H2,1H3. The van der Waals surface area contributed by atoms with E-state index in [4.69, 9.17) is 11.6 Å². The molecule has 0 aliphatic rings. The molecule has 0 bridgehead atoms. The Bertz CT molecular complexity index is 726. The van der Waals surface area contributed by atoms with Crippen molar-refractivity contribution in [3.63, 3.8) is 0 Å². The molecular formula is C12H10BrClFNO2S2. The van der Waals surface area contributed by atoms with Crippen LogP contribution in [0, 0.1) is 5.82 Å². The van der Waals surface area contributed by atoms with Crippen LogP contribution < -0.4 is 5.32 Å². The van der Waals surface area contributed by atoms with Crippen molar-refractivity contribution < 1.29 is 12.8 Å². The second kappa shape index (κ2) is 6.01. The summed E-state index contributed by atoms with van der Waals surface area (Å²) in [7, 11) is -3.36. The maximum atomic E-state index is 13.7. The third-order valence-electron chi connectivity index (χ3n) is 2.52. The molecule has 1 heterocycles. The van der Waals surface area contributed by atoms with Gasteiger partial charge in [0.15, 0.2) is 9.84 Å². The van der Waals surface area contributed by atoms with Crippen LogP contribution in [0.3, 0.4) is 0 Å². The molecular weight excluding hydrogens is 389 g/mol. The predicted octanol–water partition coefficient (Wildman–Crippen LogP) is 4.32. The van der Waals surface area contributed by atoms with E-state index in [1.54, 1.807) is 0 Å². The molecule has 1 aromatic heterocycles. The molecule has 3 nitrogen and oxygen atoms in total. The van der Waals surface area contributed by atoms with Crippen LogP contribution in [0.5, 0.6) is 0 Å². The lowest BCUT2D eigenvalue weighted by Gasteiger charge is -2.08. The summed E-state index contributed by atoms with van der Waals surface area (Å²) in [6.45, 7) is 0.361. The Kier molecular flexibility index (Phi) is 4.73. The Labute approximate surface area is 133 Å². The number of hydrogen-bond donors (Lipinski definition) is 1. The van der Waals surface area contributed by atoms with Gasteiger partial charge in [0.1, 0.15) is 10.2 Å². The van der Waals surface area contributed by atoms with E-state index < -0.39 is 15.7 Å². The molecule has 0 atom stereocenters. The van der Waals surface area contributed by atoms with Gasteiger partial charge < -0.3 is 5.32 Å². The van der Waals surface area contributed by atoms with Gasteiger partial charge in [-0.05, 0) is 40.2 Å². The van der Waals surface area contributed by atoms with Gasteiger partial charge in [0.2, 0.25) is 0 Å². The summed E-state index contributed by atoms with van der Waals surface area (Å²) in [5.41, 5.74) is 0.147. The normalized spacial score (nSPS) is 11.6. The van der Waals surface area contributed by atoms with Gasteiger partial charge in [-0.25, -0.2) is 12.8 Å². The second-order valence-electron chi connectivity index (χ2n) is 4.10. The highest BCUT2D eigenvalue weighted by Crippen LogP contribution is 2.32. The number of hydrogen-bond acceptors (Lipinski definition) is 4. The van der Waals surface area contributed by atoms with Crippen molar-refractivity contribution in [1.82, 2.24) is 0 Å². The van der Waals surface area contributed by atoms with E-state index in [0.29, 0.717) is 10.9 Å². The molecule has 0 aliphatic heterocycles. The van der Waals surface area contributed by atoms with Crippen LogP contribution in [0.4, 0.5) is 10.1 Å². The van der Waals surface area contributed by atoms with E-state index in [-0.39, 0.29) is 10.6 Å². The number of benzene rings is 1. The monoisotopic (exact) mass is 397 g/mol. The molecule has 1 aromatic carbocycles. The molecule has 8 heteroatoms. The summed E-state index contributed by atoms with van der Waals surface area (Å²) >= 11 is 10.6. The summed E-state index contributed by atoms with van der Waals surface area (Å²) in [4.78, 5) is 0.984. The minimum atomic E-state index is -3.36. The van der Waals surface area contributed by atoms with Crippen molar-refractivity contribution in [3.05, 3.63) is 43.8 Å². The molecule has 0 fully saturated rings. The summed E-state index contributed by atoms with van der Waals surface area (Å²) in [6, 6.07) is 5.50. The Hall–Kier alpha value is -0.630. The first-order valence-corrected chi connectivity index (χ1v) is 9.32. The molecule has 0 radical (unpaired) electrons. The molecule has 1 N–H and O–H groups in total. The zero-order valence-corrected chi connectivity index (χ0v) is 14.3. The van der Waals surface area contributed by atoms with Gasteiger partial charge in [-0.3, -0.25) is 0 Å². The van der Waals surface area contributed by atoms with Crippen molar-refractivity contribution in [2.24, 2.45) is 0 Å². The highest BCUT2D eigenvalue weighted by atomic mass is 79.9. The number of sulfone groups is 1. The van der Waals surface area contributed by atoms with Crippen molar-refractivity contribution >= 4 is 54.4 Å². The summed E-state index contributed by atoms with van der Waals surface area (Å²) < 4.78 is 38.0. The fourth-order valence-electron chi connectivity index (χ4n) is 1.53. The highest BCUT2D eigenvalue weighted by molar-refractivity contribution is 9.10. The van der Waals surface area contributed by atoms with Gasteiger partial charge >= 0.3 is 0 Å². The second-order valence-corrected chi connectivity index (χ2v) is 8.71. The van der Waals surface area contributed by atoms with Gasteiger partial charge in [-0.2, -0.15) is 0 Å². The molecule has 0 amide bonds. The van der Waals surface area contributed by atoms with Crippen LogP contribution >= 0.6 is 38.9 Å². The van der Waals surface area contributed by atoms with Crippen molar-refractivity contribution in [3.8, 4) is 0 Å². The first-order valence-electron chi connectivity index (χ1n) is 5.44. The summed E-state index contributed by atoms with van der Waals surface area (Å²) in [5, 5.41) is 2.87. The predicted molar refractivity (Wildman–Crippen MR) is 83.9 cm³/mol. The van der Waals surface area contributed by atoms with Crippen LogP contribution in [-0.2, 0) is 16.4 Å². The molecule has 20 heavy (non-hydrogen) atoms.